The number of nitrogens with one attached hydrogen (secondary N) is 1. The Labute approximate surface area is 193 Å². The average Bonchev–Trinajstić information content (AvgIpc) is 3.32. The minimum absolute atomic E-state index is 0.0276. The molecular weight excluding hydrogens is 418 g/mol. The molecule has 33 heavy (non-hydrogen) atoms. The lowest BCUT2D eigenvalue weighted by atomic mass is 10.1. The van der Waals surface area contributed by atoms with E-state index in [-0.39, 0.29) is 17.4 Å². The van der Waals surface area contributed by atoms with Gasteiger partial charge in [-0.2, -0.15) is 0 Å². The molecule has 0 unspecified atom stereocenters. The van der Waals surface area contributed by atoms with Crippen LogP contribution in [0.3, 0.4) is 0 Å². The number of aryl methyl sites for hydroxylation is 1. The van der Waals surface area contributed by atoms with E-state index in [0.717, 1.165) is 36.9 Å². The summed E-state index contributed by atoms with van der Waals surface area (Å²) in [5.41, 5.74) is 7.51. The van der Waals surface area contributed by atoms with E-state index in [9.17, 15) is 14.4 Å². The van der Waals surface area contributed by atoms with Crippen LogP contribution in [0.25, 0.3) is 5.69 Å². The highest BCUT2D eigenvalue weighted by molar-refractivity contribution is 6.07. The first-order chi connectivity index (χ1) is 15.9. The molecule has 0 radical (unpaired) electrons. The van der Waals surface area contributed by atoms with Crippen molar-refractivity contribution in [3.8, 4) is 5.69 Å². The number of hydrogen-bond acceptors (Lipinski definition) is 4. The highest BCUT2D eigenvalue weighted by atomic mass is 16.2. The molecule has 0 saturated heterocycles. The number of amides is 1. The summed E-state index contributed by atoms with van der Waals surface area (Å²) >= 11 is 0. The third-order valence-electron chi connectivity index (χ3n) is 5.79. The topological polar surface area (TPSA) is 106 Å². The number of anilines is 2. The Bertz CT molecular complexity index is 1210. The van der Waals surface area contributed by atoms with Crippen LogP contribution in [-0.4, -0.2) is 26.6 Å². The summed E-state index contributed by atoms with van der Waals surface area (Å²) in [7, 11) is 0. The Morgan fingerprint density at radius 3 is 2.42 bits per heavy atom. The van der Waals surface area contributed by atoms with Crippen molar-refractivity contribution in [1.82, 2.24) is 14.1 Å². The number of benzene rings is 1. The molecule has 1 aromatic carbocycles. The predicted molar refractivity (Wildman–Crippen MR) is 132 cm³/mol. The first-order valence-electron chi connectivity index (χ1n) is 11.6. The average molecular weight is 452 g/mol. The van der Waals surface area contributed by atoms with Gasteiger partial charge in [0, 0.05) is 36.7 Å². The molecule has 0 aliphatic carbocycles. The molecule has 176 valence electrons. The van der Waals surface area contributed by atoms with Crippen LogP contribution in [0.2, 0.25) is 0 Å². The summed E-state index contributed by atoms with van der Waals surface area (Å²) < 4.78 is 3.29. The van der Waals surface area contributed by atoms with E-state index in [0.29, 0.717) is 25.1 Å². The maximum absolute atomic E-state index is 13.7. The van der Waals surface area contributed by atoms with Crippen LogP contribution in [0.5, 0.6) is 0 Å². The van der Waals surface area contributed by atoms with Gasteiger partial charge in [0.2, 0.25) is 0 Å². The largest absolute Gasteiger partial charge is 0.383 e. The SMILES string of the molecule is CCCCCN(C(=O)c1ccc(C)c(-n2cccc2)c1)c1c(N)n(CCCC)c(=O)[nH]c1=O. The zero-order valence-corrected chi connectivity index (χ0v) is 19.6. The number of nitrogens with two attached hydrogens (primary N) is 1. The number of hydrogen-bond donors (Lipinski definition) is 2. The van der Waals surface area contributed by atoms with Gasteiger partial charge in [0.05, 0.1) is 0 Å². The second kappa shape index (κ2) is 10.8. The molecular formula is C25H33N5O3. The van der Waals surface area contributed by atoms with Crippen molar-refractivity contribution < 1.29 is 4.79 Å². The number of rotatable bonds is 10. The zero-order chi connectivity index (χ0) is 24.0. The van der Waals surface area contributed by atoms with E-state index in [1.807, 2.05) is 55.1 Å². The van der Waals surface area contributed by atoms with Crippen LogP contribution < -0.4 is 21.9 Å². The fourth-order valence-electron chi connectivity index (χ4n) is 3.88. The van der Waals surface area contributed by atoms with Crippen LogP contribution >= 0.6 is 0 Å². The van der Waals surface area contributed by atoms with Crippen LogP contribution in [0.1, 0.15) is 61.9 Å². The number of carbonyl (C=O) groups is 1. The lowest BCUT2D eigenvalue weighted by Crippen LogP contribution is -2.41. The molecule has 8 heteroatoms. The Morgan fingerprint density at radius 1 is 1.06 bits per heavy atom. The molecule has 0 aliphatic rings. The third kappa shape index (κ3) is 5.27. The van der Waals surface area contributed by atoms with Gasteiger partial charge in [-0.3, -0.25) is 19.1 Å². The number of carbonyl (C=O) groups excluding carboxylic acids is 1. The summed E-state index contributed by atoms with van der Waals surface area (Å²) in [5.74, 6) is -0.294. The number of nitrogens with zero attached hydrogens (tertiary/aromatic N) is 3. The molecule has 0 bridgehead atoms. The minimum atomic E-state index is -0.646. The Morgan fingerprint density at radius 2 is 1.76 bits per heavy atom. The zero-order valence-electron chi connectivity index (χ0n) is 19.6. The molecule has 0 fully saturated rings. The predicted octanol–water partition coefficient (Wildman–Crippen LogP) is 3.86. The second-order valence-electron chi connectivity index (χ2n) is 8.25. The van der Waals surface area contributed by atoms with Crippen molar-refractivity contribution in [3.05, 3.63) is 74.7 Å². The highest BCUT2D eigenvalue weighted by Crippen LogP contribution is 2.23. The van der Waals surface area contributed by atoms with Crippen molar-refractivity contribution in [1.29, 1.82) is 0 Å². The van der Waals surface area contributed by atoms with E-state index in [1.54, 1.807) is 6.07 Å². The van der Waals surface area contributed by atoms with Crippen molar-refractivity contribution in [2.24, 2.45) is 0 Å². The van der Waals surface area contributed by atoms with E-state index >= 15 is 0 Å². The van der Waals surface area contributed by atoms with Gasteiger partial charge in [-0.25, -0.2) is 4.79 Å². The number of nitrogen functional groups attached to an aromatic ring is 1. The Balaban J connectivity index is 2.09. The highest BCUT2D eigenvalue weighted by Gasteiger charge is 2.25. The molecule has 2 aromatic heterocycles. The smallest absolute Gasteiger partial charge is 0.330 e. The van der Waals surface area contributed by atoms with Crippen LogP contribution in [-0.2, 0) is 6.54 Å². The Hall–Kier alpha value is -3.55. The molecule has 8 nitrogen and oxygen atoms in total. The summed E-state index contributed by atoms with van der Waals surface area (Å²) in [5, 5.41) is 0. The van der Waals surface area contributed by atoms with Gasteiger partial charge in [-0.15, -0.1) is 0 Å². The summed E-state index contributed by atoms with van der Waals surface area (Å²) in [4.78, 5) is 42.7. The van der Waals surface area contributed by atoms with Crippen molar-refractivity contribution in [2.45, 2.75) is 59.4 Å². The van der Waals surface area contributed by atoms with Crippen molar-refractivity contribution >= 4 is 17.4 Å². The van der Waals surface area contributed by atoms with Crippen LogP contribution in [0.4, 0.5) is 11.5 Å². The van der Waals surface area contributed by atoms with Crippen LogP contribution in [0.15, 0.2) is 52.3 Å². The van der Waals surface area contributed by atoms with E-state index in [1.165, 1.54) is 9.47 Å². The second-order valence-corrected chi connectivity index (χ2v) is 8.25. The normalized spacial score (nSPS) is 11.0. The minimum Gasteiger partial charge on any atom is -0.383 e. The molecule has 0 aliphatic heterocycles. The van der Waals surface area contributed by atoms with Crippen LogP contribution in [0, 0.1) is 6.92 Å². The summed E-state index contributed by atoms with van der Waals surface area (Å²) in [6, 6.07) is 9.31. The number of unbranched alkanes of at least 4 members (excludes halogenated alkanes) is 3. The summed E-state index contributed by atoms with van der Waals surface area (Å²) in [6.07, 6.45) is 8.02. The first kappa shape index (κ1) is 24.1. The lowest BCUT2D eigenvalue weighted by molar-refractivity contribution is 0.0986. The molecule has 0 spiro atoms. The van der Waals surface area contributed by atoms with E-state index in [2.05, 4.69) is 11.9 Å². The van der Waals surface area contributed by atoms with Gasteiger partial charge in [0.15, 0.2) is 5.69 Å². The standard InChI is InChI=1S/C25H33N5O3/c1-4-6-8-16-29(21-22(26)30(15-7-5-2)25(33)27-23(21)31)24(32)19-12-11-18(3)20(17-19)28-13-9-10-14-28/h9-14,17H,4-8,15-16,26H2,1-3H3,(H,27,31,33). The van der Waals surface area contributed by atoms with Crippen molar-refractivity contribution in [2.75, 3.05) is 17.2 Å². The van der Waals surface area contributed by atoms with Crippen molar-refractivity contribution in [3.63, 3.8) is 0 Å². The van der Waals surface area contributed by atoms with Gasteiger partial charge in [-0.05, 0) is 49.6 Å². The summed E-state index contributed by atoms with van der Waals surface area (Å²) in [6.45, 7) is 6.77. The number of H-pyrrole nitrogens is 1. The van der Waals surface area contributed by atoms with Gasteiger partial charge < -0.3 is 15.2 Å². The maximum atomic E-state index is 13.7. The number of aromatic amines is 1. The molecule has 0 saturated carbocycles. The molecule has 3 rings (SSSR count). The fourth-order valence-corrected chi connectivity index (χ4v) is 3.88. The monoisotopic (exact) mass is 451 g/mol. The van der Waals surface area contributed by atoms with Gasteiger partial charge in [-0.1, -0.05) is 39.2 Å². The fraction of sp³-hybridized carbons (Fsp3) is 0.400. The first-order valence-corrected chi connectivity index (χ1v) is 11.6. The maximum Gasteiger partial charge on any atom is 0.330 e. The molecule has 3 aromatic rings. The quantitative estimate of drug-likeness (QED) is 0.457. The molecule has 0 atom stereocenters. The van der Waals surface area contributed by atoms with E-state index in [4.69, 9.17) is 5.73 Å². The lowest BCUT2D eigenvalue weighted by Gasteiger charge is -2.25. The Kier molecular flexibility index (Phi) is 7.92. The van der Waals surface area contributed by atoms with Gasteiger partial charge in [0.25, 0.3) is 11.5 Å². The van der Waals surface area contributed by atoms with Gasteiger partial charge in [0.1, 0.15) is 5.82 Å². The number of aromatic nitrogens is 3. The van der Waals surface area contributed by atoms with E-state index < -0.39 is 11.2 Å². The molecule has 2 heterocycles. The third-order valence-corrected chi connectivity index (χ3v) is 5.79. The molecule has 1 amide bonds. The molecule has 3 N–H and O–H groups in total. The van der Waals surface area contributed by atoms with Gasteiger partial charge >= 0.3 is 5.69 Å².